The molecule has 2 aromatic carbocycles. The molecule has 0 bridgehead atoms. The fraction of sp³-hybridized carbons (Fsp3) is 0.182. The van der Waals surface area contributed by atoms with Crippen molar-refractivity contribution in [1.29, 1.82) is 0 Å². The van der Waals surface area contributed by atoms with Gasteiger partial charge in [-0.3, -0.25) is 14.9 Å². The molecule has 0 radical (unpaired) electrons. The maximum Gasteiger partial charge on any atom is 0.241 e. The first-order chi connectivity index (χ1) is 13.0. The van der Waals surface area contributed by atoms with Crippen LogP contribution >= 0.6 is 0 Å². The molecular formula is C22H22N2O3. The van der Waals surface area contributed by atoms with Crippen LogP contribution in [-0.2, 0) is 4.79 Å². The Labute approximate surface area is 158 Å². The number of nitrogens with one attached hydrogen (secondary N) is 2. The summed E-state index contributed by atoms with van der Waals surface area (Å²) in [5, 5.41) is 6.19. The lowest BCUT2D eigenvalue weighted by Crippen LogP contribution is -2.40. The van der Waals surface area contributed by atoms with Crippen molar-refractivity contribution in [3.63, 3.8) is 0 Å². The van der Waals surface area contributed by atoms with Crippen LogP contribution in [0.25, 0.3) is 0 Å². The Kier molecular flexibility index (Phi) is 5.84. The second-order valence-corrected chi connectivity index (χ2v) is 6.37. The van der Waals surface area contributed by atoms with Gasteiger partial charge in [-0.1, -0.05) is 30.3 Å². The molecule has 1 amide bonds. The minimum atomic E-state index is -0.465. The highest BCUT2D eigenvalue weighted by Crippen LogP contribution is 2.23. The quantitative estimate of drug-likeness (QED) is 0.618. The van der Waals surface area contributed by atoms with Gasteiger partial charge in [-0.25, -0.2) is 0 Å². The SMILES string of the molecule is CC(=O)c1ccc(NC(=O)[C@@H](C)N[C@@H](c2ccccc2)c2ccco2)cc1. The summed E-state index contributed by atoms with van der Waals surface area (Å²) in [5.74, 6) is 0.566. The summed E-state index contributed by atoms with van der Waals surface area (Å²) in [7, 11) is 0. The van der Waals surface area contributed by atoms with Gasteiger partial charge in [0.1, 0.15) is 5.76 Å². The van der Waals surface area contributed by atoms with E-state index in [1.165, 1.54) is 6.92 Å². The number of hydrogen-bond donors (Lipinski definition) is 2. The fourth-order valence-corrected chi connectivity index (χ4v) is 2.81. The van der Waals surface area contributed by atoms with E-state index < -0.39 is 6.04 Å². The summed E-state index contributed by atoms with van der Waals surface area (Å²) in [6.07, 6.45) is 1.62. The van der Waals surface area contributed by atoms with Gasteiger partial charge in [-0.2, -0.15) is 0 Å². The Morgan fingerprint density at radius 2 is 1.63 bits per heavy atom. The number of benzene rings is 2. The van der Waals surface area contributed by atoms with E-state index in [1.54, 1.807) is 37.5 Å². The van der Waals surface area contributed by atoms with E-state index in [0.29, 0.717) is 11.3 Å². The summed E-state index contributed by atoms with van der Waals surface area (Å²) >= 11 is 0. The minimum Gasteiger partial charge on any atom is -0.467 e. The summed E-state index contributed by atoms with van der Waals surface area (Å²) < 4.78 is 5.56. The van der Waals surface area contributed by atoms with Crippen LogP contribution in [0.4, 0.5) is 5.69 Å². The molecule has 0 saturated carbocycles. The number of hydrogen-bond acceptors (Lipinski definition) is 4. The monoisotopic (exact) mass is 362 g/mol. The number of carbonyl (C=O) groups is 2. The minimum absolute atomic E-state index is 0.00735. The first-order valence-corrected chi connectivity index (χ1v) is 8.81. The molecule has 0 unspecified atom stereocenters. The van der Waals surface area contributed by atoms with Crippen molar-refractivity contribution in [1.82, 2.24) is 5.32 Å². The zero-order chi connectivity index (χ0) is 19.2. The van der Waals surface area contributed by atoms with Crippen molar-refractivity contribution in [2.75, 3.05) is 5.32 Å². The second kappa shape index (κ2) is 8.47. The average molecular weight is 362 g/mol. The summed E-state index contributed by atoms with van der Waals surface area (Å²) in [4.78, 5) is 23.9. The van der Waals surface area contributed by atoms with Crippen molar-refractivity contribution in [3.8, 4) is 0 Å². The van der Waals surface area contributed by atoms with Gasteiger partial charge >= 0.3 is 0 Å². The number of amides is 1. The fourth-order valence-electron chi connectivity index (χ4n) is 2.81. The zero-order valence-corrected chi connectivity index (χ0v) is 15.3. The van der Waals surface area contributed by atoms with Crippen LogP contribution in [0.1, 0.15) is 41.6 Å². The van der Waals surface area contributed by atoms with E-state index in [-0.39, 0.29) is 17.7 Å². The van der Waals surface area contributed by atoms with E-state index in [4.69, 9.17) is 4.42 Å². The molecule has 27 heavy (non-hydrogen) atoms. The van der Waals surface area contributed by atoms with E-state index >= 15 is 0 Å². The van der Waals surface area contributed by atoms with E-state index in [9.17, 15) is 9.59 Å². The predicted molar refractivity (Wildman–Crippen MR) is 105 cm³/mol. The molecule has 0 saturated heterocycles. The zero-order valence-electron chi connectivity index (χ0n) is 15.3. The molecule has 5 heteroatoms. The molecular weight excluding hydrogens is 340 g/mol. The smallest absolute Gasteiger partial charge is 0.241 e. The number of Topliss-reactive ketones (excluding diaryl/α,β-unsaturated/α-hetero) is 1. The van der Waals surface area contributed by atoms with Gasteiger partial charge in [0, 0.05) is 11.3 Å². The van der Waals surface area contributed by atoms with Crippen LogP contribution in [0, 0.1) is 0 Å². The first kappa shape index (κ1) is 18.6. The third kappa shape index (κ3) is 4.71. The van der Waals surface area contributed by atoms with Gasteiger partial charge in [0.05, 0.1) is 18.3 Å². The first-order valence-electron chi connectivity index (χ1n) is 8.81. The second-order valence-electron chi connectivity index (χ2n) is 6.37. The molecule has 3 aromatic rings. The highest BCUT2D eigenvalue weighted by atomic mass is 16.3. The molecule has 0 fully saturated rings. The van der Waals surface area contributed by atoms with Crippen LogP contribution < -0.4 is 10.6 Å². The molecule has 5 nitrogen and oxygen atoms in total. The van der Waals surface area contributed by atoms with Gasteiger partial charge < -0.3 is 9.73 Å². The third-order valence-electron chi connectivity index (χ3n) is 4.33. The van der Waals surface area contributed by atoms with Crippen molar-refractivity contribution in [2.45, 2.75) is 25.9 Å². The lowest BCUT2D eigenvalue weighted by molar-refractivity contribution is -0.117. The number of carbonyl (C=O) groups excluding carboxylic acids is 2. The number of furan rings is 1. The van der Waals surface area contributed by atoms with Crippen LogP contribution in [-0.4, -0.2) is 17.7 Å². The highest BCUT2D eigenvalue weighted by molar-refractivity contribution is 5.97. The van der Waals surface area contributed by atoms with Gasteiger partial charge in [0.15, 0.2) is 5.78 Å². The van der Waals surface area contributed by atoms with Crippen LogP contribution in [0.15, 0.2) is 77.4 Å². The maximum atomic E-state index is 12.6. The molecule has 138 valence electrons. The predicted octanol–water partition coefficient (Wildman–Crippen LogP) is 4.19. The summed E-state index contributed by atoms with van der Waals surface area (Å²) in [6.45, 7) is 3.32. The number of rotatable bonds is 7. The molecule has 0 spiro atoms. The van der Waals surface area contributed by atoms with Crippen molar-refractivity contribution in [3.05, 3.63) is 89.9 Å². The average Bonchev–Trinajstić information content (AvgIpc) is 3.21. The molecule has 0 aliphatic rings. The molecule has 1 heterocycles. The Bertz CT molecular complexity index is 887. The molecule has 2 N–H and O–H groups in total. The third-order valence-corrected chi connectivity index (χ3v) is 4.33. The number of ketones is 1. The number of anilines is 1. The van der Waals surface area contributed by atoms with Crippen LogP contribution in [0.3, 0.4) is 0 Å². The maximum absolute atomic E-state index is 12.6. The Morgan fingerprint density at radius 3 is 2.22 bits per heavy atom. The molecule has 0 aliphatic heterocycles. The standard InChI is InChI=1S/C22H22N2O3/c1-15(22(26)24-19-12-10-17(11-13-19)16(2)25)23-21(20-9-6-14-27-20)18-7-4-3-5-8-18/h3-15,21,23H,1-2H3,(H,24,26)/t15-,21+/m1/s1. The van der Waals surface area contributed by atoms with Gasteiger partial charge in [0.25, 0.3) is 0 Å². The van der Waals surface area contributed by atoms with Gasteiger partial charge in [0.2, 0.25) is 5.91 Å². The summed E-state index contributed by atoms with van der Waals surface area (Å²) in [6, 6.07) is 19.7. The summed E-state index contributed by atoms with van der Waals surface area (Å²) in [5.41, 5.74) is 2.27. The van der Waals surface area contributed by atoms with Gasteiger partial charge in [-0.05, 0) is 55.8 Å². The van der Waals surface area contributed by atoms with Crippen LogP contribution in [0.2, 0.25) is 0 Å². The Balaban J connectivity index is 1.70. The van der Waals surface area contributed by atoms with Crippen LogP contribution in [0.5, 0.6) is 0 Å². The molecule has 2 atom stereocenters. The lowest BCUT2D eigenvalue weighted by atomic mass is 10.0. The van der Waals surface area contributed by atoms with E-state index in [2.05, 4.69) is 10.6 Å². The topological polar surface area (TPSA) is 71.3 Å². The van der Waals surface area contributed by atoms with Gasteiger partial charge in [-0.15, -0.1) is 0 Å². The molecule has 1 aromatic heterocycles. The van der Waals surface area contributed by atoms with E-state index in [1.807, 2.05) is 42.5 Å². The Hall–Kier alpha value is -3.18. The van der Waals surface area contributed by atoms with Crippen molar-refractivity contribution < 1.29 is 14.0 Å². The van der Waals surface area contributed by atoms with E-state index in [0.717, 1.165) is 11.3 Å². The van der Waals surface area contributed by atoms with Crippen molar-refractivity contribution >= 4 is 17.4 Å². The normalized spacial score (nSPS) is 13.0. The lowest BCUT2D eigenvalue weighted by Gasteiger charge is -2.22. The van der Waals surface area contributed by atoms with Crippen molar-refractivity contribution in [2.24, 2.45) is 0 Å². The molecule has 3 rings (SSSR count). The Morgan fingerprint density at radius 1 is 0.926 bits per heavy atom. The molecule has 0 aliphatic carbocycles. The largest absolute Gasteiger partial charge is 0.467 e. The highest BCUT2D eigenvalue weighted by Gasteiger charge is 2.22.